The summed E-state index contributed by atoms with van der Waals surface area (Å²) in [7, 11) is 0. The molecule has 0 unspecified atom stereocenters. The Bertz CT molecular complexity index is 482. The molecule has 0 aromatic carbocycles. The smallest absolute Gasteiger partial charge is 0.407 e. The molecule has 8 nitrogen and oxygen atoms in total. The summed E-state index contributed by atoms with van der Waals surface area (Å²) in [6.07, 6.45) is 6.09. The van der Waals surface area contributed by atoms with Crippen LogP contribution in [0.15, 0.2) is 4.99 Å². The van der Waals surface area contributed by atoms with Gasteiger partial charge in [0.05, 0.1) is 0 Å². The Hall–Kier alpha value is -1.99. The predicted octanol–water partition coefficient (Wildman–Crippen LogP) is 1.91. The van der Waals surface area contributed by atoms with Crippen molar-refractivity contribution in [1.29, 1.82) is 0 Å². The van der Waals surface area contributed by atoms with Crippen molar-refractivity contribution < 1.29 is 14.3 Å². The number of hydrogen-bond donors (Lipinski definition) is 4. The quantitative estimate of drug-likeness (QED) is 0.291. The van der Waals surface area contributed by atoms with Crippen LogP contribution in [0.1, 0.15) is 66.2 Å². The Morgan fingerprint density at radius 2 is 1.70 bits per heavy atom. The van der Waals surface area contributed by atoms with Crippen LogP contribution in [0.4, 0.5) is 4.79 Å². The Balaban J connectivity index is 2.24. The van der Waals surface area contributed by atoms with Gasteiger partial charge in [0, 0.05) is 25.7 Å². The molecule has 1 aliphatic rings. The van der Waals surface area contributed by atoms with Gasteiger partial charge in [-0.1, -0.05) is 19.3 Å². The summed E-state index contributed by atoms with van der Waals surface area (Å²) in [4.78, 5) is 27.9. The highest BCUT2D eigenvalue weighted by Crippen LogP contribution is 2.17. The minimum atomic E-state index is -0.495. The second-order valence-corrected chi connectivity index (χ2v) is 7.81. The maximum absolute atomic E-state index is 12.1. The molecule has 2 amide bonds. The number of rotatable bonds is 8. The molecule has 0 saturated heterocycles. The molecule has 0 heterocycles. The Morgan fingerprint density at radius 1 is 1.04 bits per heavy atom. The first kappa shape index (κ1) is 23.0. The fourth-order valence-corrected chi connectivity index (χ4v) is 2.81. The zero-order chi connectivity index (χ0) is 20.1. The first-order chi connectivity index (χ1) is 12.8. The van der Waals surface area contributed by atoms with Crippen LogP contribution in [0, 0.1) is 0 Å². The molecule has 0 bridgehead atoms. The molecule has 0 aromatic heterocycles. The van der Waals surface area contributed by atoms with Gasteiger partial charge in [-0.05, 0) is 47.0 Å². The van der Waals surface area contributed by atoms with Crippen LogP contribution >= 0.6 is 0 Å². The van der Waals surface area contributed by atoms with Gasteiger partial charge in [0.15, 0.2) is 5.96 Å². The van der Waals surface area contributed by atoms with Gasteiger partial charge >= 0.3 is 6.09 Å². The summed E-state index contributed by atoms with van der Waals surface area (Å²) in [6, 6.07) is 0.302. The molecule has 1 saturated carbocycles. The molecule has 1 fully saturated rings. The summed E-state index contributed by atoms with van der Waals surface area (Å²) >= 11 is 0. The summed E-state index contributed by atoms with van der Waals surface area (Å²) in [5.41, 5.74) is -0.495. The minimum Gasteiger partial charge on any atom is -0.444 e. The van der Waals surface area contributed by atoms with Crippen LogP contribution in [0.25, 0.3) is 0 Å². The van der Waals surface area contributed by atoms with Gasteiger partial charge in [-0.3, -0.25) is 4.79 Å². The number of nitrogens with one attached hydrogen (secondary N) is 4. The number of carbonyl (C=O) groups is 2. The average molecular weight is 384 g/mol. The van der Waals surface area contributed by atoms with E-state index in [0.717, 1.165) is 19.3 Å². The summed E-state index contributed by atoms with van der Waals surface area (Å²) in [6.45, 7) is 9.43. The molecule has 0 radical (unpaired) electrons. The maximum Gasteiger partial charge on any atom is 0.407 e. The number of nitrogens with zero attached hydrogens (tertiary/aromatic N) is 1. The zero-order valence-corrected chi connectivity index (χ0v) is 17.3. The van der Waals surface area contributed by atoms with E-state index in [4.69, 9.17) is 4.74 Å². The molecule has 0 aliphatic heterocycles. The van der Waals surface area contributed by atoms with Gasteiger partial charge in [-0.15, -0.1) is 0 Å². The minimum absolute atomic E-state index is 0.0364. The first-order valence-electron chi connectivity index (χ1n) is 10.1. The lowest BCUT2D eigenvalue weighted by Crippen LogP contribution is -2.41. The number of hydrogen-bond acceptors (Lipinski definition) is 4. The monoisotopic (exact) mass is 383 g/mol. The molecular weight excluding hydrogens is 346 g/mol. The van der Waals surface area contributed by atoms with E-state index in [-0.39, 0.29) is 12.5 Å². The highest BCUT2D eigenvalue weighted by atomic mass is 16.6. The number of aliphatic imine (C=N–C) groups is 1. The molecule has 8 heteroatoms. The molecule has 4 N–H and O–H groups in total. The maximum atomic E-state index is 12.1. The van der Waals surface area contributed by atoms with Crippen molar-refractivity contribution in [3.63, 3.8) is 0 Å². The van der Waals surface area contributed by atoms with Crippen molar-refractivity contribution in [2.45, 2.75) is 77.9 Å². The SMILES string of the molecule is CCNC(=NCC(=O)NC1CCCCC1)NCCCNC(=O)OC(C)(C)C. The Labute approximate surface area is 163 Å². The van der Waals surface area contributed by atoms with Crippen LogP contribution in [-0.2, 0) is 9.53 Å². The van der Waals surface area contributed by atoms with Crippen LogP contribution in [-0.4, -0.2) is 55.8 Å². The molecule has 1 aliphatic carbocycles. The molecule has 1 rings (SSSR count). The fourth-order valence-electron chi connectivity index (χ4n) is 2.81. The van der Waals surface area contributed by atoms with E-state index in [1.54, 1.807) is 0 Å². The second-order valence-electron chi connectivity index (χ2n) is 7.81. The predicted molar refractivity (Wildman–Crippen MR) is 108 cm³/mol. The third-order valence-electron chi connectivity index (χ3n) is 4.01. The first-order valence-corrected chi connectivity index (χ1v) is 10.1. The van der Waals surface area contributed by atoms with Crippen molar-refractivity contribution in [3.8, 4) is 0 Å². The lowest BCUT2D eigenvalue weighted by Gasteiger charge is -2.22. The van der Waals surface area contributed by atoms with E-state index < -0.39 is 11.7 Å². The standard InChI is InChI=1S/C19H37N5O3/c1-5-20-17(21-12-9-13-22-18(26)27-19(2,3)4)23-14-16(25)24-15-10-7-6-8-11-15/h15H,5-14H2,1-4H3,(H,22,26)(H,24,25)(H2,20,21,23). The van der Waals surface area contributed by atoms with Crippen molar-refractivity contribution in [3.05, 3.63) is 0 Å². The number of guanidine groups is 1. The van der Waals surface area contributed by atoms with E-state index in [1.807, 2.05) is 27.7 Å². The van der Waals surface area contributed by atoms with Gasteiger partial charge in [0.1, 0.15) is 12.1 Å². The number of carbonyl (C=O) groups excluding carboxylic acids is 2. The lowest BCUT2D eigenvalue weighted by atomic mass is 9.95. The third-order valence-corrected chi connectivity index (χ3v) is 4.01. The van der Waals surface area contributed by atoms with Gasteiger partial charge in [0.25, 0.3) is 0 Å². The largest absolute Gasteiger partial charge is 0.444 e. The number of amides is 2. The van der Waals surface area contributed by atoms with E-state index in [9.17, 15) is 9.59 Å². The van der Waals surface area contributed by atoms with E-state index in [0.29, 0.717) is 31.6 Å². The van der Waals surface area contributed by atoms with Crippen LogP contribution in [0.3, 0.4) is 0 Å². The molecule has 0 spiro atoms. The van der Waals surface area contributed by atoms with E-state index in [1.165, 1.54) is 19.3 Å². The van der Waals surface area contributed by atoms with Crippen LogP contribution in [0.2, 0.25) is 0 Å². The fraction of sp³-hybridized carbons (Fsp3) is 0.842. The molecular formula is C19H37N5O3. The highest BCUT2D eigenvalue weighted by Gasteiger charge is 2.16. The van der Waals surface area contributed by atoms with Crippen LogP contribution < -0.4 is 21.3 Å². The topological polar surface area (TPSA) is 104 Å². The number of alkyl carbamates (subject to hydrolysis) is 1. The molecule has 0 atom stereocenters. The highest BCUT2D eigenvalue weighted by molar-refractivity contribution is 5.85. The zero-order valence-electron chi connectivity index (χ0n) is 17.3. The second kappa shape index (κ2) is 12.4. The summed E-state index contributed by atoms with van der Waals surface area (Å²) < 4.78 is 5.18. The normalized spacial score (nSPS) is 15.8. The van der Waals surface area contributed by atoms with Crippen molar-refractivity contribution in [2.24, 2.45) is 4.99 Å². The van der Waals surface area contributed by atoms with Gasteiger partial charge in [0.2, 0.25) is 5.91 Å². The van der Waals surface area contributed by atoms with Crippen molar-refractivity contribution >= 4 is 18.0 Å². The van der Waals surface area contributed by atoms with E-state index >= 15 is 0 Å². The Kier molecular flexibility index (Phi) is 10.6. The van der Waals surface area contributed by atoms with E-state index in [2.05, 4.69) is 26.3 Å². The number of ether oxygens (including phenoxy) is 1. The van der Waals surface area contributed by atoms with Gasteiger partial charge < -0.3 is 26.0 Å². The lowest BCUT2D eigenvalue weighted by molar-refractivity contribution is -0.120. The summed E-state index contributed by atoms with van der Waals surface area (Å²) in [5, 5.41) is 12.1. The van der Waals surface area contributed by atoms with Gasteiger partial charge in [-0.25, -0.2) is 9.79 Å². The molecule has 156 valence electrons. The third kappa shape index (κ3) is 12.1. The molecule has 0 aromatic rings. The molecule has 27 heavy (non-hydrogen) atoms. The van der Waals surface area contributed by atoms with Crippen molar-refractivity contribution in [2.75, 3.05) is 26.2 Å². The van der Waals surface area contributed by atoms with Gasteiger partial charge in [-0.2, -0.15) is 0 Å². The summed E-state index contributed by atoms with van der Waals surface area (Å²) in [5.74, 6) is 0.569. The van der Waals surface area contributed by atoms with Crippen molar-refractivity contribution in [1.82, 2.24) is 21.3 Å². The average Bonchev–Trinajstić information content (AvgIpc) is 2.58. The Morgan fingerprint density at radius 3 is 2.33 bits per heavy atom. The van der Waals surface area contributed by atoms with Crippen LogP contribution in [0.5, 0.6) is 0 Å².